The molecule has 0 saturated carbocycles. The van der Waals surface area contributed by atoms with Crippen molar-refractivity contribution in [2.75, 3.05) is 0 Å². The summed E-state index contributed by atoms with van der Waals surface area (Å²) in [4.78, 5) is 11.1. The fraction of sp³-hybridized carbons (Fsp3) is 0.0244. The first-order chi connectivity index (χ1) is 23.7. The molecule has 49 heavy (non-hydrogen) atoms. The van der Waals surface area contributed by atoms with Crippen molar-refractivity contribution in [3.8, 4) is 22.6 Å². The molecule has 0 unspecified atom stereocenters. The van der Waals surface area contributed by atoms with Crippen molar-refractivity contribution in [2.45, 2.75) is 6.92 Å². The van der Waals surface area contributed by atoms with Gasteiger partial charge in [0.05, 0.1) is 22.2 Å². The van der Waals surface area contributed by atoms with Gasteiger partial charge in [-0.15, -0.1) is 5.39 Å². The van der Waals surface area contributed by atoms with Crippen LogP contribution >= 0.6 is 11.3 Å². The summed E-state index contributed by atoms with van der Waals surface area (Å²) < 4.78 is 14.0. The maximum Gasteiger partial charge on any atom is 0.142 e. The van der Waals surface area contributed by atoms with Gasteiger partial charge in [-0.2, -0.15) is 6.07 Å². The van der Waals surface area contributed by atoms with E-state index in [2.05, 4.69) is 124 Å². The van der Waals surface area contributed by atoms with E-state index in [0.717, 1.165) is 87.4 Å². The van der Waals surface area contributed by atoms with E-state index in [4.69, 9.17) is 14.4 Å². The molecule has 0 bridgehead atoms. The summed E-state index contributed by atoms with van der Waals surface area (Å²) in [5, 5.41) is 5.64. The normalized spacial score (nSPS) is 12.0. The second-order valence-electron chi connectivity index (χ2n) is 12.3. The van der Waals surface area contributed by atoms with Crippen molar-refractivity contribution in [1.29, 1.82) is 0 Å². The number of rotatable bonds is 3. The summed E-state index contributed by atoms with van der Waals surface area (Å²) in [6.45, 7) is 2.11. The number of hydrogen-bond donors (Lipinski definition) is 0. The monoisotopic (exact) mass is 827 g/mol. The quantitative estimate of drug-likeness (QED) is 0.167. The minimum Gasteiger partial charge on any atom is -0.456 e. The Bertz CT molecular complexity index is 3090. The Kier molecular flexibility index (Phi) is 6.09. The fourth-order valence-corrected chi connectivity index (χ4v) is 8.48. The summed E-state index contributed by atoms with van der Waals surface area (Å²) in [5.41, 5.74) is 11.2. The van der Waals surface area contributed by atoms with Crippen molar-refractivity contribution in [3.63, 3.8) is 0 Å². The molecule has 0 N–H and O–H groups in total. The summed E-state index contributed by atoms with van der Waals surface area (Å²) in [6.07, 6.45) is 3.91. The van der Waals surface area contributed by atoms with Gasteiger partial charge in [-0.3, -0.25) is 0 Å². The molecule has 1 radical (unpaired) electrons. The SMILES string of the molecule is Cc1[c-]c2c(s1)c1c(ncn1-c1ccccc1)n1c(-c3ccc4c(c3)c3ccccc3n4-c3ccc4oc5ccccc5c4c3)cnc21.[Ir]. The molecule has 11 rings (SSSR count). The average molecular weight is 827 g/mol. The number of aryl methyl sites for hydroxylation is 1. The Morgan fingerprint density at radius 1 is 0.673 bits per heavy atom. The van der Waals surface area contributed by atoms with E-state index in [-0.39, 0.29) is 20.1 Å². The molecule has 0 saturated heterocycles. The molecule has 235 valence electrons. The molecule has 0 spiro atoms. The van der Waals surface area contributed by atoms with Crippen LogP contribution < -0.4 is 0 Å². The van der Waals surface area contributed by atoms with E-state index in [1.807, 2.05) is 30.7 Å². The summed E-state index contributed by atoms with van der Waals surface area (Å²) in [5.74, 6) is 0. The van der Waals surface area contributed by atoms with Crippen LogP contribution in [0.1, 0.15) is 4.88 Å². The number of thiophene rings is 1. The third-order valence-electron chi connectivity index (χ3n) is 9.56. The molecule has 0 atom stereocenters. The molecule has 0 aliphatic heterocycles. The number of pyridine rings is 1. The van der Waals surface area contributed by atoms with Crippen molar-refractivity contribution in [3.05, 3.63) is 139 Å². The molecule has 0 fully saturated rings. The van der Waals surface area contributed by atoms with Gasteiger partial charge in [0.15, 0.2) is 0 Å². The second-order valence-corrected chi connectivity index (χ2v) is 13.5. The minimum atomic E-state index is 0. The Morgan fingerprint density at radius 3 is 2.35 bits per heavy atom. The molecular formula is C41H24IrN5OS-. The second kappa shape index (κ2) is 10.5. The van der Waals surface area contributed by atoms with Crippen LogP contribution in [0.2, 0.25) is 0 Å². The Balaban J connectivity index is 0.00000306. The van der Waals surface area contributed by atoms with Gasteiger partial charge < -0.3 is 22.9 Å². The molecule has 0 amide bonds. The maximum absolute atomic E-state index is 6.15. The van der Waals surface area contributed by atoms with Crippen LogP contribution in [0, 0.1) is 13.0 Å². The molecule has 11 aromatic rings. The summed E-state index contributed by atoms with van der Waals surface area (Å²) >= 11 is 1.74. The number of aromatic nitrogens is 5. The van der Waals surface area contributed by atoms with Crippen molar-refractivity contribution >= 4 is 82.0 Å². The van der Waals surface area contributed by atoms with Gasteiger partial charge in [-0.25, -0.2) is 16.3 Å². The third-order valence-corrected chi connectivity index (χ3v) is 10.6. The Hall–Kier alpha value is -5.53. The fourth-order valence-electron chi connectivity index (χ4n) is 7.49. The third kappa shape index (κ3) is 3.96. The van der Waals surface area contributed by atoms with Gasteiger partial charge in [-0.05, 0) is 71.8 Å². The van der Waals surface area contributed by atoms with E-state index in [1.165, 1.54) is 10.8 Å². The molecule has 6 heterocycles. The largest absolute Gasteiger partial charge is 0.456 e. The number of fused-ring (bicyclic) bond motifs is 12. The zero-order valence-corrected chi connectivity index (χ0v) is 29.2. The molecule has 6 aromatic heterocycles. The molecular weight excluding hydrogens is 803 g/mol. The van der Waals surface area contributed by atoms with Crippen LogP contribution in [0.3, 0.4) is 0 Å². The van der Waals surface area contributed by atoms with Crippen LogP contribution in [-0.4, -0.2) is 23.5 Å². The molecule has 0 aliphatic rings. The van der Waals surface area contributed by atoms with Crippen molar-refractivity contribution in [2.24, 2.45) is 0 Å². The summed E-state index contributed by atoms with van der Waals surface area (Å²) in [6, 6.07) is 44.1. The standard InChI is InChI=1S/C41H24N5OS.Ir/c1-24-19-32-39(48-24)38-41(43-23-44(38)26-9-3-2-4-10-26)46-35(22-42-40(32)46)25-15-17-34-30(20-25)28-11-5-7-13-33(28)45(34)27-16-18-37-31(21-27)29-12-6-8-14-36(29)47-37;/h2-18,20-23H,1H3;/q-1;. The Morgan fingerprint density at radius 2 is 1.45 bits per heavy atom. The van der Waals surface area contributed by atoms with E-state index in [0.29, 0.717) is 0 Å². The number of hydrogen-bond acceptors (Lipinski definition) is 4. The average Bonchev–Trinajstić information content (AvgIpc) is 3.95. The number of para-hydroxylation sites is 3. The first-order valence-electron chi connectivity index (χ1n) is 15.9. The molecule has 8 heteroatoms. The van der Waals surface area contributed by atoms with Crippen molar-refractivity contribution < 1.29 is 24.5 Å². The topological polar surface area (TPSA) is 53.2 Å². The number of benzene rings is 5. The van der Waals surface area contributed by atoms with Gasteiger partial charge in [0.1, 0.15) is 23.1 Å². The number of furan rings is 1. The van der Waals surface area contributed by atoms with Gasteiger partial charge in [0.25, 0.3) is 0 Å². The van der Waals surface area contributed by atoms with Gasteiger partial charge in [-0.1, -0.05) is 65.5 Å². The van der Waals surface area contributed by atoms with E-state index in [9.17, 15) is 0 Å². The maximum atomic E-state index is 6.15. The van der Waals surface area contributed by atoms with Crippen LogP contribution in [0.15, 0.2) is 132 Å². The number of imidazole rings is 2. The zero-order chi connectivity index (χ0) is 31.5. The number of nitrogens with zero attached hydrogens (tertiary/aromatic N) is 5. The molecule has 6 nitrogen and oxygen atoms in total. The smallest absolute Gasteiger partial charge is 0.142 e. The molecule has 0 aliphatic carbocycles. The predicted octanol–water partition coefficient (Wildman–Crippen LogP) is 10.7. The van der Waals surface area contributed by atoms with Gasteiger partial charge in [0, 0.05) is 64.9 Å². The zero-order valence-electron chi connectivity index (χ0n) is 26.0. The van der Waals surface area contributed by atoms with Gasteiger partial charge in [0.2, 0.25) is 0 Å². The van der Waals surface area contributed by atoms with E-state index < -0.39 is 0 Å². The molecule has 5 aromatic carbocycles. The van der Waals surface area contributed by atoms with Crippen LogP contribution in [0.4, 0.5) is 0 Å². The minimum absolute atomic E-state index is 0. The Labute approximate surface area is 296 Å². The first kappa shape index (κ1) is 28.5. The van der Waals surface area contributed by atoms with Crippen LogP contribution in [0.5, 0.6) is 0 Å². The van der Waals surface area contributed by atoms with Gasteiger partial charge >= 0.3 is 0 Å². The van der Waals surface area contributed by atoms with Crippen LogP contribution in [-0.2, 0) is 20.1 Å². The van der Waals surface area contributed by atoms with E-state index >= 15 is 0 Å². The predicted molar refractivity (Wildman–Crippen MR) is 196 cm³/mol. The van der Waals surface area contributed by atoms with E-state index in [1.54, 1.807) is 11.3 Å². The van der Waals surface area contributed by atoms with Crippen LogP contribution in [0.25, 0.3) is 93.3 Å². The first-order valence-corrected chi connectivity index (χ1v) is 16.7. The summed E-state index contributed by atoms with van der Waals surface area (Å²) in [7, 11) is 0. The van der Waals surface area contributed by atoms with Crippen molar-refractivity contribution in [1.82, 2.24) is 23.5 Å².